The Morgan fingerprint density at radius 2 is 1.97 bits per heavy atom. The molecule has 148 valence electrons. The number of halogens is 1. The van der Waals surface area contributed by atoms with Gasteiger partial charge in [-0.05, 0) is 49.6 Å². The number of nitrogens with one attached hydrogen (secondary N) is 2. The number of rotatable bonds is 5. The summed E-state index contributed by atoms with van der Waals surface area (Å²) < 4.78 is 14.4. The van der Waals surface area contributed by atoms with E-state index < -0.39 is 17.6 Å². The lowest BCUT2D eigenvalue weighted by Crippen LogP contribution is -2.17. The molecule has 8 nitrogen and oxygen atoms in total. The third-order valence-corrected chi connectivity index (χ3v) is 5.30. The zero-order chi connectivity index (χ0) is 20.5. The topological polar surface area (TPSA) is 123 Å². The maximum Gasteiger partial charge on any atom is 0.267 e. The first-order valence-corrected chi connectivity index (χ1v) is 9.70. The van der Waals surface area contributed by atoms with Crippen LogP contribution in [-0.4, -0.2) is 27.0 Å². The van der Waals surface area contributed by atoms with Gasteiger partial charge in [-0.2, -0.15) is 5.10 Å². The molecular formula is C19H17FN6O2S. The van der Waals surface area contributed by atoms with Gasteiger partial charge in [-0.1, -0.05) is 11.3 Å². The van der Waals surface area contributed by atoms with Crippen molar-refractivity contribution in [3.8, 4) is 0 Å². The van der Waals surface area contributed by atoms with Crippen molar-refractivity contribution in [3.05, 3.63) is 58.0 Å². The van der Waals surface area contributed by atoms with Crippen molar-refractivity contribution in [2.45, 2.75) is 25.7 Å². The summed E-state index contributed by atoms with van der Waals surface area (Å²) in [7, 11) is 0. The molecule has 1 aromatic carbocycles. The van der Waals surface area contributed by atoms with Gasteiger partial charge in [0.25, 0.3) is 11.8 Å². The molecule has 0 bridgehead atoms. The maximum absolute atomic E-state index is 14.4. The number of amides is 2. The molecule has 4 N–H and O–H groups in total. The van der Waals surface area contributed by atoms with E-state index in [4.69, 9.17) is 5.73 Å². The number of carbonyl (C=O) groups is 2. The number of benzene rings is 1. The van der Waals surface area contributed by atoms with Crippen LogP contribution in [0.25, 0.3) is 0 Å². The molecule has 0 aliphatic heterocycles. The Balaban J connectivity index is 1.52. The minimum atomic E-state index is -0.706. The summed E-state index contributed by atoms with van der Waals surface area (Å²) in [5.41, 5.74) is 6.99. The van der Waals surface area contributed by atoms with Gasteiger partial charge in [-0.15, -0.1) is 5.10 Å². The highest BCUT2D eigenvalue weighted by Gasteiger charge is 2.25. The Morgan fingerprint density at radius 3 is 2.59 bits per heavy atom. The third kappa shape index (κ3) is 4.21. The second-order valence-electron chi connectivity index (χ2n) is 6.74. The predicted octanol–water partition coefficient (Wildman–Crippen LogP) is 3.34. The van der Waals surface area contributed by atoms with Gasteiger partial charge in [-0.3, -0.25) is 9.59 Å². The first kappa shape index (κ1) is 18.9. The van der Waals surface area contributed by atoms with Crippen LogP contribution in [0.4, 0.5) is 21.0 Å². The molecule has 1 fully saturated rings. The van der Waals surface area contributed by atoms with Gasteiger partial charge in [-0.25, -0.2) is 9.37 Å². The molecule has 1 aliphatic carbocycles. The van der Waals surface area contributed by atoms with Crippen LogP contribution in [0.1, 0.15) is 50.0 Å². The van der Waals surface area contributed by atoms with E-state index >= 15 is 0 Å². The Hall–Kier alpha value is -3.40. The minimum Gasteiger partial charge on any atom is -0.375 e. The Bertz CT molecular complexity index is 1090. The van der Waals surface area contributed by atoms with Gasteiger partial charge in [0.05, 0.1) is 17.5 Å². The molecule has 0 saturated heterocycles. The van der Waals surface area contributed by atoms with E-state index in [1.54, 1.807) is 19.1 Å². The third-order valence-electron chi connectivity index (χ3n) is 4.48. The fourth-order valence-corrected chi connectivity index (χ4v) is 3.33. The van der Waals surface area contributed by atoms with E-state index in [0.717, 1.165) is 29.9 Å². The number of nitrogens with zero attached hydrogens (tertiary/aromatic N) is 3. The van der Waals surface area contributed by atoms with Gasteiger partial charge in [0.15, 0.2) is 10.9 Å². The largest absolute Gasteiger partial charge is 0.375 e. The van der Waals surface area contributed by atoms with Crippen LogP contribution >= 0.6 is 11.3 Å². The number of thiazole rings is 1. The van der Waals surface area contributed by atoms with Crippen LogP contribution in [-0.2, 0) is 0 Å². The number of hydrogen-bond donors (Lipinski definition) is 3. The van der Waals surface area contributed by atoms with Crippen LogP contribution in [0, 0.1) is 12.7 Å². The van der Waals surface area contributed by atoms with Gasteiger partial charge in [0.1, 0.15) is 10.7 Å². The molecule has 4 rings (SSSR count). The Morgan fingerprint density at radius 1 is 1.17 bits per heavy atom. The number of nitrogens with two attached hydrogens (primary N) is 1. The molecule has 1 saturated carbocycles. The Labute approximate surface area is 169 Å². The molecule has 10 heteroatoms. The summed E-state index contributed by atoms with van der Waals surface area (Å²) in [5.74, 6) is -1.16. The second-order valence-corrected chi connectivity index (χ2v) is 7.80. The van der Waals surface area contributed by atoms with E-state index in [2.05, 4.69) is 25.8 Å². The molecule has 0 atom stereocenters. The van der Waals surface area contributed by atoms with Crippen LogP contribution in [0.5, 0.6) is 0 Å². The second kappa shape index (κ2) is 7.55. The molecule has 2 heterocycles. The summed E-state index contributed by atoms with van der Waals surface area (Å²) in [4.78, 5) is 29.0. The highest BCUT2D eigenvalue weighted by Crippen LogP contribution is 2.38. The van der Waals surface area contributed by atoms with E-state index in [1.165, 1.54) is 18.3 Å². The molecule has 0 unspecified atom stereocenters. The van der Waals surface area contributed by atoms with Gasteiger partial charge in [0, 0.05) is 11.6 Å². The van der Waals surface area contributed by atoms with Crippen molar-refractivity contribution in [2.75, 3.05) is 16.4 Å². The normalized spacial score (nSPS) is 13.2. The lowest BCUT2D eigenvalue weighted by Gasteiger charge is -2.11. The number of nitrogen functional groups attached to an aromatic ring is 1. The van der Waals surface area contributed by atoms with Crippen LogP contribution in [0.15, 0.2) is 30.5 Å². The first-order valence-electron chi connectivity index (χ1n) is 8.88. The number of carbonyl (C=O) groups excluding carboxylic acids is 2. The summed E-state index contributed by atoms with van der Waals surface area (Å²) in [5, 5.41) is 13.5. The molecule has 3 aromatic rings. The van der Waals surface area contributed by atoms with E-state index in [0.29, 0.717) is 22.0 Å². The van der Waals surface area contributed by atoms with Crippen molar-refractivity contribution >= 4 is 39.8 Å². The van der Waals surface area contributed by atoms with Gasteiger partial charge in [0.2, 0.25) is 0 Å². The lowest BCUT2D eigenvalue weighted by molar-refractivity contribution is 0.101. The van der Waals surface area contributed by atoms with Crippen LogP contribution in [0.2, 0.25) is 0 Å². The summed E-state index contributed by atoms with van der Waals surface area (Å²) in [6.07, 6.45) is 3.54. The monoisotopic (exact) mass is 412 g/mol. The van der Waals surface area contributed by atoms with Crippen LogP contribution < -0.4 is 16.4 Å². The first-order chi connectivity index (χ1) is 13.9. The fourth-order valence-electron chi connectivity index (χ4n) is 2.75. The highest BCUT2D eigenvalue weighted by atomic mass is 32.1. The number of anilines is 3. The van der Waals surface area contributed by atoms with Crippen molar-refractivity contribution in [3.63, 3.8) is 0 Å². The van der Waals surface area contributed by atoms with E-state index in [9.17, 15) is 14.0 Å². The van der Waals surface area contributed by atoms with Crippen molar-refractivity contribution < 1.29 is 14.0 Å². The molecule has 2 amide bonds. The molecule has 0 radical (unpaired) electrons. The molecule has 2 aromatic heterocycles. The number of aromatic nitrogens is 3. The molecule has 0 spiro atoms. The van der Waals surface area contributed by atoms with Crippen molar-refractivity contribution in [1.29, 1.82) is 0 Å². The van der Waals surface area contributed by atoms with Gasteiger partial charge < -0.3 is 16.4 Å². The smallest absolute Gasteiger partial charge is 0.267 e. The number of hydrogen-bond acceptors (Lipinski definition) is 7. The molecule has 1 aliphatic rings. The Kier molecular flexibility index (Phi) is 4.93. The summed E-state index contributed by atoms with van der Waals surface area (Å²) in [6, 6.07) is 5.92. The van der Waals surface area contributed by atoms with E-state index in [-0.39, 0.29) is 16.5 Å². The summed E-state index contributed by atoms with van der Waals surface area (Å²) in [6.45, 7) is 1.63. The lowest BCUT2D eigenvalue weighted by atomic mass is 10.1. The molecular weight excluding hydrogens is 395 g/mol. The van der Waals surface area contributed by atoms with E-state index in [1.807, 2.05) is 0 Å². The standard InChI is InChI=1S/C19H17FN6O2S/c1-9-6-12(20)11(7-14(9)23-18(28)15-8-22-19(21)29-15)17(27)24-16-5-4-13(25-26-16)10-2-3-10/h4-8,10H,2-3H2,1H3,(H2,21,22)(H,23,28)(H,24,26,27). The van der Waals surface area contributed by atoms with Crippen LogP contribution in [0.3, 0.4) is 0 Å². The molecule has 29 heavy (non-hydrogen) atoms. The van der Waals surface area contributed by atoms with Crippen molar-refractivity contribution in [2.24, 2.45) is 0 Å². The highest BCUT2D eigenvalue weighted by molar-refractivity contribution is 7.17. The average Bonchev–Trinajstić information content (AvgIpc) is 3.44. The summed E-state index contributed by atoms with van der Waals surface area (Å²) >= 11 is 1.03. The minimum absolute atomic E-state index is 0.220. The fraction of sp³-hybridized carbons (Fsp3) is 0.211. The quantitative estimate of drug-likeness (QED) is 0.591. The SMILES string of the molecule is Cc1cc(F)c(C(=O)Nc2ccc(C3CC3)nn2)cc1NC(=O)c1cnc(N)s1. The zero-order valence-corrected chi connectivity index (χ0v) is 16.2. The maximum atomic E-state index is 14.4. The average molecular weight is 412 g/mol. The van der Waals surface area contributed by atoms with Gasteiger partial charge >= 0.3 is 0 Å². The van der Waals surface area contributed by atoms with Crippen molar-refractivity contribution in [1.82, 2.24) is 15.2 Å². The predicted molar refractivity (Wildman–Crippen MR) is 108 cm³/mol. The number of aryl methyl sites for hydroxylation is 1. The zero-order valence-electron chi connectivity index (χ0n) is 15.4.